The van der Waals surface area contributed by atoms with Gasteiger partial charge in [-0.05, 0) is 25.0 Å². The number of nitrogens with one attached hydrogen (secondary N) is 2. The summed E-state index contributed by atoms with van der Waals surface area (Å²) in [5.41, 5.74) is 3.10. The Morgan fingerprint density at radius 1 is 1.14 bits per heavy atom. The summed E-state index contributed by atoms with van der Waals surface area (Å²) in [7, 11) is 0. The van der Waals surface area contributed by atoms with E-state index in [1.54, 1.807) is 6.07 Å². The van der Waals surface area contributed by atoms with Gasteiger partial charge in [-0.15, -0.1) is 24.0 Å². The van der Waals surface area contributed by atoms with Crippen molar-refractivity contribution in [2.75, 3.05) is 13.2 Å². The fourth-order valence-corrected chi connectivity index (χ4v) is 2.27. The SMILES string of the molecule is CCNC(=NCc1ccc(OCC(F)(F)F)nc1)NCc1cccc(C)c1.I. The quantitative estimate of drug-likeness (QED) is 0.335. The van der Waals surface area contributed by atoms with Gasteiger partial charge in [0.25, 0.3) is 0 Å². The highest BCUT2D eigenvalue weighted by Gasteiger charge is 2.28. The predicted octanol–water partition coefficient (Wildman–Crippen LogP) is 4.20. The minimum atomic E-state index is -4.38. The van der Waals surface area contributed by atoms with Crippen molar-refractivity contribution >= 4 is 29.9 Å². The highest BCUT2D eigenvalue weighted by Crippen LogP contribution is 2.17. The van der Waals surface area contributed by atoms with E-state index in [9.17, 15) is 13.2 Å². The number of aromatic nitrogens is 1. The van der Waals surface area contributed by atoms with Gasteiger partial charge < -0.3 is 15.4 Å². The first kappa shape index (κ1) is 24.0. The lowest BCUT2D eigenvalue weighted by Gasteiger charge is -2.12. The smallest absolute Gasteiger partial charge is 0.422 e. The number of rotatable bonds is 7. The molecular weight excluding hydrogens is 484 g/mol. The summed E-state index contributed by atoms with van der Waals surface area (Å²) in [6.07, 6.45) is -2.92. The van der Waals surface area contributed by atoms with Gasteiger partial charge in [-0.25, -0.2) is 9.98 Å². The number of hydrogen-bond acceptors (Lipinski definition) is 3. The van der Waals surface area contributed by atoms with Crippen LogP contribution in [0.15, 0.2) is 47.6 Å². The molecule has 0 atom stereocenters. The molecule has 0 aliphatic rings. The van der Waals surface area contributed by atoms with Crippen LogP contribution in [0.2, 0.25) is 0 Å². The molecule has 1 aromatic heterocycles. The van der Waals surface area contributed by atoms with E-state index in [0.29, 0.717) is 25.6 Å². The van der Waals surface area contributed by atoms with Crippen LogP contribution in [0.3, 0.4) is 0 Å². The van der Waals surface area contributed by atoms with E-state index in [4.69, 9.17) is 0 Å². The molecular formula is C19H24F3IN4O. The number of alkyl halides is 3. The number of ether oxygens (including phenoxy) is 1. The van der Waals surface area contributed by atoms with E-state index in [2.05, 4.69) is 31.4 Å². The molecule has 2 N–H and O–H groups in total. The van der Waals surface area contributed by atoms with E-state index < -0.39 is 12.8 Å². The standard InChI is InChI=1S/C19H23F3N4O.HI/c1-3-23-18(25-10-15-6-4-5-14(2)9-15)26-12-16-7-8-17(24-11-16)27-13-19(20,21)22;/h4-9,11H,3,10,12-13H2,1-2H3,(H2,23,25,26);1H. The molecule has 0 saturated heterocycles. The van der Waals surface area contributed by atoms with Gasteiger partial charge in [0.1, 0.15) is 0 Å². The maximum atomic E-state index is 12.1. The number of guanidine groups is 1. The van der Waals surface area contributed by atoms with Gasteiger partial charge in [0.2, 0.25) is 5.88 Å². The zero-order valence-corrected chi connectivity index (χ0v) is 18.0. The van der Waals surface area contributed by atoms with Gasteiger partial charge in [0.05, 0.1) is 6.54 Å². The first-order chi connectivity index (χ1) is 12.9. The second-order valence-electron chi connectivity index (χ2n) is 5.95. The number of pyridine rings is 1. The molecule has 0 aliphatic carbocycles. The molecule has 0 unspecified atom stereocenters. The normalized spacial score (nSPS) is 11.5. The molecule has 0 radical (unpaired) electrons. The molecule has 154 valence electrons. The third-order valence-corrected chi connectivity index (χ3v) is 3.49. The summed E-state index contributed by atoms with van der Waals surface area (Å²) in [6.45, 7) is 4.34. The van der Waals surface area contributed by atoms with Crippen molar-refractivity contribution < 1.29 is 17.9 Å². The molecule has 1 aromatic carbocycles. The van der Waals surface area contributed by atoms with Gasteiger partial charge >= 0.3 is 6.18 Å². The summed E-state index contributed by atoms with van der Waals surface area (Å²) >= 11 is 0. The Bertz CT molecular complexity index is 752. The molecule has 2 aromatic rings. The van der Waals surface area contributed by atoms with Crippen molar-refractivity contribution in [2.45, 2.75) is 33.1 Å². The van der Waals surface area contributed by atoms with Crippen LogP contribution in [-0.2, 0) is 13.1 Å². The van der Waals surface area contributed by atoms with Crippen LogP contribution in [0.4, 0.5) is 13.2 Å². The van der Waals surface area contributed by atoms with Crippen LogP contribution in [0, 0.1) is 6.92 Å². The van der Waals surface area contributed by atoms with E-state index in [-0.39, 0.29) is 29.9 Å². The zero-order chi connectivity index (χ0) is 19.7. The molecule has 0 amide bonds. The molecule has 0 fully saturated rings. The topological polar surface area (TPSA) is 58.5 Å². The van der Waals surface area contributed by atoms with Crippen molar-refractivity contribution in [3.8, 4) is 5.88 Å². The largest absolute Gasteiger partial charge is 0.468 e. The Hall–Kier alpha value is -2.04. The number of aliphatic imine (C=N–C) groups is 1. The average molecular weight is 508 g/mol. The van der Waals surface area contributed by atoms with Crippen molar-refractivity contribution in [2.24, 2.45) is 4.99 Å². The number of halogens is 4. The summed E-state index contributed by atoms with van der Waals surface area (Å²) in [5.74, 6) is 0.584. The lowest BCUT2D eigenvalue weighted by molar-refractivity contribution is -0.154. The Morgan fingerprint density at radius 2 is 1.93 bits per heavy atom. The Labute approximate surface area is 179 Å². The minimum absolute atomic E-state index is 0. The lowest BCUT2D eigenvalue weighted by Crippen LogP contribution is -2.36. The lowest BCUT2D eigenvalue weighted by atomic mass is 10.1. The summed E-state index contributed by atoms with van der Waals surface area (Å²) in [5, 5.41) is 6.41. The average Bonchev–Trinajstić information content (AvgIpc) is 2.62. The minimum Gasteiger partial charge on any atom is -0.468 e. The molecule has 0 saturated carbocycles. The molecule has 5 nitrogen and oxygen atoms in total. The maximum Gasteiger partial charge on any atom is 0.422 e. The van der Waals surface area contributed by atoms with Crippen LogP contribution < -0.4 is 15.4 Å². The summed E-state index contributed by atoms with van der Waals surface area (Å²) in [4.78, 5) is 8.35. The molecule has 0 spiro atoms. The summed E-state index contributed by atoms with van der Waals surface area (Å²) in [6, 6.07) is 11.2. The highest BCUT2D eigenvalue weighted by molar-refractivity contribution is 14.0. The molecule has 28 heavy (non-hydrogen) atoms. The molecule has 9 heteroatoms. The van der Waals surface area contributed by atoms with E-state index in [1.165, 1.54) is 17.8 Å². The Balaban J connectivity index is 0.00000392. The maximum absolute atomic E-state index is 12.1. The third kappa shape index (κ3) is 9.25. The first-order valence-corrected chi connectivity index (χ1v) is 8.58. The molecule has 2 rings (SSSR count). The summed E-state index contributed by atoms with van der Waals surface area (Å²) < 4.78 is 41.0. The Kier molecular flexibility index (Phi) is 10.0. The monoisotopic (exact) mass is 508 g/mol. The van der Waals surface area contributed by atoms with Crippen LogP contribution in [0.1, 0.15) is 23.6 Å². The van der Waals surface area contributed by atoms with Crippen LogP contribution in [-0.4, -0.2) is 30.3 Å². The fraction of sp³-hybridized carbons (Fsp3) is 0.368. The predicted molar refractivity (Wildman–Crippen MR) is 114 cm³/mol. The van der Waals surface area contributed by atoms with Crippen molar-refractivity contribution in [1.29, 1.82) is 0 Å². The van der Waals surface area contributed by atoms with Crippen LogP contribution in [0.25, 0.3) is 0 Å². The van der Waals surface area contributed by atoms with Gasteiger partial charge in [-0.3, -0.25) is 0 Å². The van der Waals surface area contributed by atoms with E-state index in [1.807, 2.05) is 32.0 Å². The second kappa shape index (κ2) is 11.7. The fourth-order valence-electron chi connectivity index (χ4n) is 2.27. The van der Waals surface area contributed by atoms with Gasteiger partial charge in [0, 0.05) is 25.4 Å². The first-order valence-electron chi connectivity index (χ1n) is 8.58. The number of hydrogen-bond donors (Lipinski definition) is 2. The van der Waals surface area contributed by atoms with Gasteiger partial charge in [0.15, 0.2) is 12.6 Å². The van der Waals surface area contributed by atoms with Gasteiger partial charge in [-0.2, -0.15) is 13.2 Å². The van der Waals surface area contributed by atoms with Crippen LogP contribution in [0.5, 0.6) is 5.88 Å². The number of benzene rings is 1. The van der Waals surface area contributed by atoms with Crippen molar-refractivity contribution in [3.05, 3.63) is 59.3 Å². The third-order valence-electron chi connectivity index (χ3n) is 3.49. The van der Waals surface area contributed by atoms with Crippen LogP contribution >= 0.6 is 24.0 Å². The van der Waals surface area contributed by atoms with E-state index in [0.717, 1.165) is 11.1 Å². The van der Waals surface area contributed by atoms with Crippen molar-refractivity contribution in [1.82, 2.24) is 15.6 Å². The Morgan fingerprint density at radius 3 is 2.54 bits per heavy atom. The van der Waals surface area contributed by atoms with Gasteiger partial charge in [-0.1, -0.05) is 35.9 Å². The number of nitrogens with zero attached hydrogens (tertiary/aromatic N) is 2. The zero-order valence-electron chi connectivity index (χ0n) is 15.7. The highest BCUT2D eigenvalue weighted by atomic mass is 127. The molecule has 0 bridgehead atoms. The van der Waals surface area contributed by atoms with Crippen molar-refractivity contribution in [3.63, 3.8) is 0 Å². The molecule has 0 aliphatic heterocycles. The molecule has 1 heterocycles. The second-order valence-corrected chi connectivity index (χ2v) is 5.95. The van der Waals surface area contributed by atoms with E-state index >= 15 is 0 Å². The number of aryl methyl sites for hydroxylation is 1.